The zero-order valence-electron chi connectivity index (χ0n) is 53.9. The Labute approximate surface area is 563 Å². The molecular formula is C76H80O21. The first-order chi connectivity index (χ1) is 47.0. The van der Waals surface area contributed by atoms with Gasteiger partial charge in [0.2, 0.25) is 0 Å². The summed E-state index contributed by atoms with van der Waals surface area (Å²) in [4.78, 5) is 95.0. The number of benzene rings is 7. The lowest BCUT2D eigenvalue weighted by Crippen LogP contribution is -2.14. The molecular weight excluding hydrogens is 1250 g/mol. The van der Waals surface area contributed by atoms with E-state index in [0.29, 0.717) is 56.9 Å². The molecule has 21 heteroatoms. The molecule has 0 saturated heterocycles. The SMILES string of the molecule is C=CC(=O)OCCCCCCOc1ccc(C(=O)O)cc1.C=CC(=O)OCCCCCCOc1ccc(C(=O)Oc2ccc(OC(=O)c3ccc(OCCCCCCOC(=O)C=C)cc3)c(C(=O)OCc3ccccc3)c2)cc1.O=C(OCc1ccccc1)c1cc(O)ccc1O. The number of phenolic OH excluding ortho intramolecular Hbond substituents is 2. The van der Waals surface area contributed by atoms with Crippen LogP contribution in [-0.4, -0.2) is 103 Å². The molecule has 0 aliphatic rings. The molecule has 21 nitrogen and oxygen atoms in total. The van der Waals surface area contributed by atoms with Gasteiger partial charge >= 0.3 is 47.8 Å². The molecule has 0 amide bonds. The number of carbonyl (C=O) groups excluding carboxylic acids is 7. The van der Waals surface area contributed by atoms with Gasteiger partial charge in [0, 0.05) is 18.2 Å². The number of hydrogen-bond donors (Lipinski definition) is 3. The van der Waals surface area contributed by atoms with E-state index in [1.165, 1.54) is 48.5 Å². The van der Waals surface area contributed by atoms with Crippen molar-refractivity contribution in [2.45, 2.75) is 90.3 Å². The van der Waals surface area contributed by atoms with Crippen LogP contribution >= 0.6 is 0 Å². The number of aromatic hydroxyl groups is 2. The van der Waals surface area contributed by atoms with Crippen molar-refractivity contribution in [1.82, 2.24) is 0 Å². The standard InChI is InChI=1S/C46H48O12.C16H20O5.C14H12O4/c1-3-42(47)54-30-14-7-5-12-28-52-37-22-18-35(19-23-37)44(49)57-39-26-27-41(40(32-39)46(51)56-33-34-16-10-9-11-17-34)58-45(50)36-20-24-38(25-21-36)53-29-13-6-8-15-31-55-43(48)4-2;1-2-15(17)21-12-6-4-3-5-11-20-14-9-7-13(8-10-14)16(18)19;15-11-6-7-13(16)12(8-11)14(17)18-9-10-4-2-1-3-5-10/h3-4,9-11,16-27,32H,1-2,5-8,12-15,28-31,33H2;2,7-10H,1,3-6,11-12H2,(H,18,19);1-8,15-16H,9H2. The number of unbranched alkanes of at least 4 members (excludes halogenated alkanes) is 9. The van der Waals surface area contributed by atoms with E-state index >= 15 is 0 Å². The Bertz CT molecular complexity index is 3620. The van der Waals surface area contributed by atoms with Crippen LogP contribution in [0.3, 0.4) is 0 Å². The quantitative estimate of drug-likeness (QED) is 0.00809. The van der Waals surface area contributed by atoms with Gasteiger partial charge in [-0.3, -0.25) is 0 Å². The number of aromatic carboxylic acids is 1. The van der Waals surface area contributed by atoms with E-state index < -0.39 is 41.8 Å². The average molecular weight is 1330 g/mol. The molecule has 7 rings (SSSR count). The molecule has 0 bridgehead atoms. The molecule has 0 saturated carbocycles. The van der Waals surface area contributed by atoms with Crippen molar-refractivity contribution in [3.05, 3.63) is 247 Å². The summed E-state index contributed by atoms with van der Waals surface area (Å²) in [6.07, 6.45) is 13.8. The van der Waals surface area contributed by atoms with Crippen LogP contribution < -0.4 is 23.7 Å². The third-order valence-corrected chi connectivity index (χ3v) is 13.6. The summed E-state index contributed by atoms with van der Waals surface area (Å²) >= 11 is 0. The van der Waals surface area contributed by atoms with Crippen LogP contribution in [0.1, 0.15) is 140 Å². The minimum absolute atomic E-state index is 0.0358. The van der Waals surface area contributed by atoms with Crippen LogP contribution in [0.4, 0.5) is 0 Å². The Balaban J connectivity index is 0.000000350. The van der Waals surface area contributed by atoms with Crippen LogP contribution in [0, 0.1) is 0 Å². The van der Waals surface area contributed by atoms with Gasteiger partial charge in [0.15, 0.2) is 0 Å². The Morgan fingerprint density at radius 1 is 0.340 bits per heavy atom. The Kier molecular flexibility index (Phi) is 34.7. The molecule has 3 N–H and O–H groups in total. The molecule has 97 heavy (non-hydrogen) atoms. The Hall–Kier alpha value is -11.5. The zero-order chi connectivity index (χ0) is 69.8. The summed E-state index contributed by atoms with van der Waals surface area (Å²) in [6, 6.07) is 45.3. The van der Waals surface area contributed by atoms with E-state index in [1.54, 1.807) is 72.8 Å². The fourth-order valence-electron chi connectivity index (χ4n) is 8.44. The maximum atomic E-state index is 13.4. The molecule has 0 heterocycles. The van der Waals surface area contributed by atoms with Gasteiger partial charge in [-0.2, -0.15) is 0 Å². The van der Waals surface area contributed by atoms with Crippen molar-refractivity contribution in [2.24, 2.45) is 0 Å². The number of carboxylic acid groups (broad SMARTS) is 1. The topological polar surface area (TPSA) is 290 Å². The largest absolute Gasteiger partial charge is 0.508 e. The predicted octanol–water partition coefficient (Wildman–Crippen LogP) is 14.3. The van der Waals surface area contributed by atoms with Crippen molar-refractivity contribution in [2.75, 3.05) is 39.6 Å². The highest BCUT2D eigenvalue weighted by Gasteiger charge is 2.22. The van der Waals surface area contributed by atoms with E-state index in [4.69, 9.17) is 52.5 Å². The van der Waals surface area contributed by atoms with Crippen molar-refractivity contribution in [1.29, 1.82) is 0 Å². The third-order valence-electron chi connectivity index (χ3n) is 13.6. The lowest BCUT2D eigenvalue weighted by Gasteiger charge is -2.13. The molecule has 0 aromatic heterocycles. The summed E-state index contributed by atoms with van der Waals surface area (Å²) in [5.74, 6) is -3.58. The maximum absolute atomic E-state index is 13.4. The van der Waals surface area contributed by atoms with Crippen LogP contribution in [-0.2, 0) is 51.3 Å². The molecule has 510 valence electrons. The molecule has 0 fully saturated rings. The zero-order valence-corrected chi connectivity index (χ0v) is 53.9. The first kappa shape index (κ1) is 76.2. The van der Waals surface area contributed by atoms with E-state index in [1.807, 2.05) is 48.5 Å². The van der Waals surface area contributed by atoms with Crippen molar-refractivity contribution >= 4 is 47.8 Å². The fourth-order valence-corrected chi connectivity index (χ4v) is 8.44. The minimum Gasteiger partial charge on any atom is -0.508 e. The molecule has 0 aliphatic heterocycles. The van der Waals surface area contributed by atoms with Gasteiger partial charge in [-0.05, 0) is 197 Å². The fraction of sp³-hybridized carbons (Fsp3) is 0.263. The monoisotopic (exact) mass is 1330 g/mol. The summed E-state index contributed by atoms with van der Waals surface area (Å²) in [5, 5.41) is 27.5. The van der Waals surface area contributed by atoms with E-state index in [2.05, 4.69) is 19.7 Å². The molecule has 7 aromatic rings. The highest BCUT2D eigenvalue weighted by Crippen LogP contribution is 2.29. The number of carbonyl (C=O) groups is 8. The second kappa shape index (κ2) is 44.2. The number of hydrogen-bond acceptors (Lipinski definition) is 20. The smallest absolute Gasteiger partial charge is 0.343 e. The van der Waals surface area contributed by atoms with Gasteiger partial charge in [-0.1, -0.05) is 80.4 Å². The highest BCUT2D eigenvalue weighted by atomic mass is 16.6. The Morgan fingerprint density at radius 3 is 1.09 bits per heavy atom. The molecule has 0 aliphatic carbocycles. The van der Waals surface area contributed by atoms with Crippen LogP contribution in [0.15, 0.2) is 208 Å². The number of esters is 7. The van der Waals surface area contributed by atoms with Crippen molar-refractivity contribution in [3.8, 4) is 40.2 Å². The summed E-state index contributed by atoms with van der Waals surface area (Å²) in [5.41, 5.74) is 2.16. The van der Waals surface area contributed by atoms with E-state index in [9.17, 15) is 48.6 Å². The highest BCUT2D eigenvalue weighted by molar-refractivity contribution is 5.97. The molecule has 7 aromatic carbocycles. The first-order valence-corrected chi connectivity index (χ1v) is 31.4. The van der Waals surface area contributed by atoms with Gasteiger partial charge in [-0.25, -0.2) is 38.4 Å². The summed E-state index contributed by atoms with van der Waals surface area (Å²) < 4.78 is 53.7. The Morgan fingerprint density at radius 2 is 0.701 bits per heavy atom. The normalized spacial score (nSPS) is 10.2. The van der Waals surface area contributed by atoms with Gasteiger partial charge in [0.25, 0.3) is 0 Å². The summed E-state index contributed by atoms with van der Waals surface area (Å²) in [7, 11) is 0. The molecule has 0 unspecified atom stereocenters. The minimum atomic E-state index is -0.946. The second-order valence-electron chi connectivity index (χ2n) is 21.0. The molecule has 0 radical (unpaired) electrons. The molecule has 0 spiro atoms. The van der Waals surface area contributed by atoms with Crippen molar-refractivity contribution < 1.29 is 101 Å². The van der Waals surface area contributed by atoms with Crippen LogP contribution in [0.5, 0.6) is 40.2 Å². The second-order valence-corrected chi connectivity index (χ2v) is 21.0. The lowest BCUT2D eigenvalue weighted by molar-refractivity contribution is -0.138. The van der Waals surface area contributed by atoms with Crippen LogP contribution in [0.25, 0.3) is 0 Å². The third kappa shape index (κ3) is 30.4. The van der Waals surface area contributed by atoms with E-state index in [0.717, 1.165) is 106 Å². The average Bonchev–Trinajstić information content (AvgIpc) is 0.863. The molecule has 0 atom stereocenters. The predicted molar refractivity (Wildman–Crippen MR) is 359 cm³/mol. The van der Waals surface area contributed by atoms with Crippen LogP contribution in [0.2, 0.25) is 0 Å². The van der Waals surface area contributed by atoms with Crippen molar-refractivity contribution in [3.63, 3.8) is 0 Å². The number of carboxylic acids is 1. The number of rotatable bonds is 38. The lowest BCUT2D eigenvalue weighted by atomic mass is 10.1. The maximum Gasteiger partial charge on any atom is 0.343 e. The van der Waals surface area contributed by atoms with Gasteiger partial charge in [-0.15, -0.1) is 0 Å². The summed E-state index contributed by atoms with van der Waals surface area (Å²) in [6.45, 7) is 12.8. The van der Waals surface area contributed by atoms with Gasteiger partial charge in [0.1, 0.15) is 64.6 Å². The van der Waals surface area contributed by atoms with Gasteiger partial charge < -0.3 is 62.7 Å². The number of ether oxygens (including phenoxy) is 10. The van der Waals surface area contributed by atoms with Gasteiger partial charge in [0.05, 0.1) is 56.3 Å². The first-order valence-electron chi connectivity index (χ1n) is 31.4. The number of phenols is 2. The van der Waals surface area contributed by atoms with E-state index in [-0.39, 0.29) is 70.0 Å².